The number of carboxylic acid groups (broad SMARTS) is 1. The number of hydrogen-bond acceptors (Lipinski definition) is 4. The number of halogens is 1. The van der Waals surface area contributed by atoms with Crippen molar-refractivity contribution in [3.63, 3.8) is 0 Å². The zero-order valence-corrected chi connectivity index (χ0v) is 11.9. The van der Waals surface area contributed by atoms with Crippen LogP contribution in [0.5, 0.6) is 11.8 Å². The molecule has 1 aromatic carbocycles. The van der Waals surface area contributed by atoms with Crippen LogP contribution in [0.15, 0.2) is 28.7 Å². The maximum atomic E-state index is 11.2. The fraction of sp³-hybridized carbons (Fsp3) is 0.154. The number of rotatable bonds is 3. The first-order valence-corrected chi connectivity index (χ1v) is 6.28. The maximum Gasteiger partial charge on any atom is 0.339 e. The summed E-state index contributed by atoms with van der Waals surface area (Å²) in [7, 11) is 0. The normalized spacial score (nSPS) is 10.3. The van der Waals surface area contributed by atoms with Gasteiger partial charge in [0.2, 0.25) is 0 Å². The molecule has 0 saturated heterocycles. The van der Waals surface area contributed by atoms with Crippen molar-refractivity contribution >= 4 is 21.9 Å². The summed E-state index contributed by atoms with van der Waals surface area (Å²) >= 11 is 3.22. The van der Waals surface area contributed by atoms with Gasteiger partial charge >= 0.3 is 12.0 Å². The summed E-state index contributed by atoms with van der Waals surface area (Å²) in [5.41, 5.74) is 1.57. The predicted octanol–water partition coefficient (Wildman–Crippen LogP) is 3.35. The molecule has 1 heterocycles. The van der Waals surface area contributed by atoms with E-state index in [0.29, 0.717) is 4.47 Å². The smallest absolute Gasteiger partial charge is 0.339 e. The summed E-state index contributed by atoms with van der Waals surface area (Å²) in [5, 5.41) is 9.14. The highest BCUT2D eigenvalue weighted by atomic mass is 79.9. The van der Waals surface area contributed by atoms with Crippen LogP contribution in [0.25, 0.3) is 0 Å². The molecule has 1 N–H and O–H groups in total. The molecule has 0 saturated carbocycles. The zero-order valence-electron chi connectivity index (χ0n) is 10.3. The number of hydrogen-bond donors (Lipinski definition) is 1. The van der Waals surface area contributed by atoms with Crippen molar-refractivity contribution < 1.29 is 14.6 Å². The molecule has 98 valence electrons. The Morgan fingerprint density at radius 2 is 1.84 bits per heavy atom. The first kappa shape index (κ1) is 13.5. The molecule has 0 atom stereocenters. The highest BCUT2D eigenvalue weighted by molar-refractivity contribution is 9.10. The molecule has 19 heavy (non-hydrogen) atoms. The van der Waals surface area contributed by atoms with Crippen molar-refractivity contribution in [2.24, 2.45) is 0 Å². The van der Waals surface area contributed by atoms with Crippen LogP contribution in [0.3, 0.4) is 0 Å². The number of benzene rings is 1. The van der Waals surface area contributed by atoms with E-state index in [4.69, 9.17) is 9.84 Å². The summed E-state index contributed by atoms with van der Waals surface area (Å²) in [4.78, 5) is 19.4. The molecular weight excluding hydrogens is 312 g/mol. The van der Waals surface area contributed by atoms with Crippen LogP contribution in [-0.4, -0.2) is 21.0 Å². The number of carbonyl (C=O) groups is 1. The van der Waals surface area contributed by atoms with Gasteiger partial charge in [-0.05, 0) is 38.1 Å². The van der Waals surface area contributed by atoms with Crippen LogP contribution in [0, 0.1) is 13.8 Å². The molecule has 0 fully saturated rings. The second-order valence-electron chi connectivity index (χ2n) is 3.98. The second-order valence-corrected chi connectivity index (χ2v) is 4.90. The molecule has 0 unspecified atom stereocenters. The van der Waals surface area contributed by atoms with E-state index in [2.05, 4.69) is 25.9 Å². The van der Waals surface area contributed by atoms with Crippen molar-refractivity contribution in [2.45, 2.75) is 13.8 Å². The number of ether oxygens (including phenoxy) is 1. The first-order chi connectivity index (χ1) is 8.95. The predicted molar refractivity (Wildman–Crippen MR) is 72.7 cm³/mol. The van der Waals surface area contributed by atoms with Gasteiger partial charge in [0.15, 0.2) is 0 Å². The Kier molecular flexibility index (Phi) is 3.80. The van der Waals surface area contributed by atoms with Gasteiger partial charge in [-0.25, -0.2) is 14.8 Å². The Balaban J connectivity index is 2.40. The molecule has 0 amide bonds. The monoisotopic (exact) mass is 322 g/mol. The number of aromatic nitrogens is 2. The van der Waals surface area contributed by atoms with Crippen LogP contribution >= 0.6 is 15.9 Å². The van der Waals surface area contributed by atoms with Crippen molar-refractivity contribution in [2.75, 3.05) is 0 Å². The lowest BCUT2D eigenvalue weighted by Crippen LogP contribution is -2.02. The second kappa shape index (κ2) is 5.36. The van der Waals surface area contributed by atoms with Crippen molar-refractivity contribution in [1.29, 1.82) is 0 Å². The van der Waals surface area contributed by atoms with E-state index in [1.807, 2.05) is 19.9 Å². The highest BCUT2D eigenvalue weighted by Crippen LogP contribution is 2.26. The third kappa shape index (κ3) is 3.29. The maximum absolute atomic E-state index is 11.2. The average molecular weight is 323 g/mol. The Morgan fingerprint density at radius 3 is 2.42 bits per heavy atom. The fourth-order valence-electron chi connectivity index (χ4n) is 1.60. The minimum atomic E-state index is -1.07. The molecule has 6 heteroatoms. The van der Waals surface area contributed by atoms with Crippen LogP contribution in [0.2, 0.25) is 0 Å². The summed E-state index contributed by atoms with van der Waals surface area (Å²) in [5.74, 6) is -0.860. The summed E-state index contributed by atoms with van der Waals surface area (Å²) in [6.07, 6.45) is 0. The van der Waals surface area contributed by atoms with E-state index in [9.17, 15) is 4.79 Å². The van der Waals surface area contributed by atoms with Gasteiger partial charge in [-0.3, -0.25) is 0 Å². The molecule has 1 aromatic heterocycles. The lowest BCUT2D eigenvalue weighted by Gasteiger charge is -2.08. The Morgan fingerprint density at radius 1 is 1.21 bits per heavy atom. The first-order valence-electron chi connectivity index (χ1n) is 5.48. The molecule has 5 nitrogen and oxygen atoms in total. The third-order valence-electron chi connectivity index (χ3n) is 2.34. The third-order valence-corrected chi connectivity index (χ3v) is 2.83. The number of carboxylic acids is 1. The van der Waals surface area contributed by atoms with Crippen LogP contribution in [0.4, 0.5) is 0 Å². The topological polar surface area (TPSA) is 72.3 Å². The standard InChI is InChI=1S/C13H11BrN2O3/c1-7-5-8(2)16-13(15-7)19-11-4-3-9(14)6-10(11)12(17)18/h3-6H,1-2H3,(H,17,18). The van der Waals surface area contributed by atoms with Gasteiger partial charge in [-0.15, -0.1) is 0 Å². The minimum absolute atomic E-state index is 0.0529. The minimum Gasteiger partial charge on any atom is -0.478 e. The van der Waals surface area contributed by atoms with Gasteiger partial charge in [0.1, 0.15) is 11.3 Å². The molecule has 0 radical (unpaired) electrons. The number of aryl methyl sites for hydroxylation is 2. The lowest BCUT2D eigenvalue weighted by molar-refractivity contribution is 0.0694. The summed E-state index contributed by atoms with van der Waals surface area (Å²) in [6, 6.07) is 6.69. The van der Waals surface area contributed by atoms with Gasteiger partial charge in [0.05, 0.1) is 0 Å². The number of nitrogens with zero attached hydrogens (tertiary/aromatic N) is 2. The van der Waals surface area contributed by atoms with E-state index < -0.39 is 5.97 Å². The van der Waals surface area contributed by atoms with E-state index in [1.165, 1.54) is 6.07 Å². The molecule has 0 aliphatic carbocycles. The molecule has 0 aliphatic heterocycles. The molecular formula is C13H11BrN2O3. The summed E-state index contributed by atoms with van der Waals surface area (Å²) < 4.78 is 6.13. The fourth-order valence-corrected chi connectivity index (χ4v) is 1.96. The van der Waals surface area contributed by atoms with E-state index in [0.717, 1.165) is 11.4 Å². The molecule has 2 aromatic rings. The van der Waals surface area contributed by atoms with Gasteiger partial charge in [0.25, 0.3) is 0 Å². The van der Waals surface area contributed by atoms with Crippen LogP contribution in [-0.2, 0) is 0 Å². The molecule has 2 rings (SSSR count). The van der Waals surface area contributed by atoms with Gasteiger partial charge < -0.3 is 9.84 Å². The number of aromatic carboxylic acids is 1. The largest absolute Gasteiger partial charge is 0.478 e. The van der Waals surface area contributed by atoms with Crippen LogP contribution in [0.1, 0.15) is 21.7 Å². The SMILES string of the molecule is Cc1cc(C)nc(Oc2ccc(Br)cc2C(=O)O)n1. The Bertz CT molecular complexity index is 624. The van der Waals surface area contributed by atoms with Gasteiger partial charge in [-0.2, -0.15) is 0 Å². The van der Waals surface area contributed by atoms with Crippen molar-refractivity contribution in [3.05, 3.63) is 45.7 Å². The van der Waals surface area contributed by atoms with Crippen molar-refractivity contribution in [1.82, 2.24) is 9.97 Å². The molecule has 0 bridgehead atoms. The van der Waals surface area contributed by atoms with Crippen molar-refractivity contribution in [3.8, 4) is 11.8 Å². The zero-order chi connectivity index (χ0) is 14.0. The van der Waals surface area contributed by atoms with Gasteiger partial charge in [0, 0.05) is 15.9 Å². The highest BCUT2D eigenvalue weighted by Gasteiger charge is 2.14. The van der Waals surface area contributed by atoms with E-state index in [-0.39, 0.29) is 17.3 Å². The lowest BCUT2D eigenvalue weighted by atomic mass is 10.2. The summed E-state index contributed by atoms with van der Waals surface area (Å²) in [6.45, 7) is 3.64. The molecule has 0 spiro atoms. The Labute approximate surface area is 118 Å². The van der Waals surface area contributed by atoms with Crippen LogP contribution < -0.4 is 4.74 Å². The van der Waals surface area contributed by atoms with E-state index >= 15 is 0 Å². The quantitative estimate of drug-likeness (QED) is 0.938. The molecule has 0 aliphatic rings. The Hall–Kier alpha value is -1.95. The van der Waals surface area contributed by atoms with Gasteiger partial charge in [-0.1, -0.05) is 15.9 Å². The average Bonchev–Trinajstić information content (AvgIpc) is 2.30. The van der Waals surface area contributed by atoms with E-state index in [1.54, 1.807) is 12.1 Å².